The van der Waals surface area contributed by atoms with Crippen LogP contribution in [0.25, 0.3) is 0 Å². The standard InChI is InChI=1S/C10H12O/c1-2-8-4-3-5-9-6-11-7-10(8)9/h3-5H,2,6-7H2,1H3. The van der Waals surface area contributed by atoms with Crippen molar-refractivity contribution in [3.05, 3.63) is 34.9 Å². The molecule has 1 nitrogen and oxygen atoms in total. The highest BCUT2D eigenvalue weighted by atomic mass is 16.5. The lowest BCUT2D eigenvalue weighted by molar-refractivity contribution is 0.134. The fourth-order valence-corrected chi connectivity index (χ4v) is 1.60. The molecule has 1 heterocycles. The number of benzene rings is 1. The molecule has 58 valence electrons. The fourth-order valence-electron chi connectivity index (χ4n) is 1.60. The Morgan fingerprint density at radius 2 is 2.27 bits per heavy atom. The lowest BCUT2D eigenvalue weighted by atomic mass is 10.0. The Balaban J connectivity index is 2.50. The summed E-state index contributed by atoms with van der Waals surface area (Å²) in [4.78, 5) is 0. The Morgan fingerprint density at radius 1 is 1.36 bits per heavy atom. The first-order valence-corrected chi connectivity index (χ1v) is 4.09. The third kappa shape index (κ3) is 1.05. The van der Waals surface area contributed by atoms with Crippen molar-refractivity contribution in [2.45, 2.75) is 26.6 Å². The summed E-state index contributed by atoms with van der Waals surface area (Å²) in [6.07, 6.45) is 1.12. The second-order valence-corrected chi connectivity index (χ2v) is 2.90. The predicted octanol–water partition coefficient (Wildman–Crippen LogP) is 2.28. The van der Waals surface area contributed by atoms with Crippen molar-refractivity contribution >= 4 is 0 Å². The number of ether oxygens (including phenoxy) is 1. The van der Waals surface area contributed by atoms with Crippen LogP contribution in [0.2, 0.25) is 0 Å². The molecule has 1 aliphatic heterocycles. The molecule has 0 bridgehead atoms. The third-order valence-electron chi connectivity index (χ3n) is 2.25. The van der Waals surface area contributed by atoms with E-state index in [2.05, 4.69) is 25.1 Å². The average Bonchev–Trinajstić information content (AvgIpc) is 2.50. The summed E-state index contributed by atoms with van der Waals surface area (Å²) >= 11 is 0. The van der Waals surface area contributed by atoms with Gasteiger partial charge in [-0.25, -0.2) is 0 Å². The van der Waals surface area contributed by atoms with E-state index >= 15 is 0 Å². The van der Waals surface area contributed by atoms with Gasteiger partial charge in [-0.15, -0.1) is 0 Å². The molecule has 1 heteroatoms. The van der Waals surface area contributed by atoms with Gasteiger partial charge in [-0.2, -0.15) is 0 Å². The maximum absolute atomic E-state index is 5.36. The van der Waals surface area contributed by atoms with Crippen LogP contribution in [0, 0.1) is 0 Å². The zero-order valence-electron chi connectivity index (χ0n) is 6.76. The zero-order valence-corrected chi connectivity index (χ0v) is 6.76. The minimum Gasteiger partial charge on any atom is -0.372 e. The van der Waals surface area contributed by atoms with Gasteiger partial charge in [-0.05, 0) is 23.1 Å². The maximum Gasteiger partial charge on any atom is 0.0727 e. The normalized spacial score (nSPS) is 15.0. The number of hydrogen-bond acceptors (Lipinski definition) is 1. The first kappa shape index (κ1) is 6.86. The fraction of sp³-hybridized carbons (Fsp3) is 0.400. The molecule has 0 aromatic heterocycles. The van der Waals surface area contributed by atoms with Crippen molar-refractivity contribution in [2.24, 2.45) is 0 Å². The molecule has 0 unspecified atom stereocenters. The molecule has 1 aromatic carbocycles. The summed E-state index contributed by atoms with van der Waals surface area (Å²) in [5.41, 5.74) is 4.25. The van der Waals surface area contributed by atoms with Gasteiger partial charge in [0.25, 0.3) is 0 Å². The quantitative estimate of drug-likeness (QED) is 0.593. The Kier molecular flexibility index (Phi) is 1.66. The number of hydrogen-bond donors (Lipinski definition) is 0. The van der Waals surface area contributed by atoms with E-state index in [0.29, 0.717) is 0 Å². The second kappa shape index (κ2) is 2.67. The molecule has 1 aliphatic rings. The highest BCUT2D eigenvalue weighted by Crippen LogP contribution is 2.23. The summed E-state index contributed by atoms with van der Waals surface area (Å²) in [5.74, 6) is 0. The van der Waals surface area contributed by atoms with Gasteiger partial charge in [0, 0.05) is 0 Å². The third-order valence-corrected chi connectivity index (χ3v) is 2.25. The SMILES string of the molecule is CCc1cccc2c1COC2. The van der Waals surface area contributed by atoms with Crippen LogP contribution < -0.4 is 0 Å². The van der Waals surface area contributed by atoms with Gasteiger partial charge in [0.1, 0.15) is 0 Å². The lowest BCUT2D eigenvalue weighted by Gasteiger charge is -2.02. The van der Waals surface area contributed by atoms with E-state index in [0.717, 1.165) is 19.6 Å². The van der Waals surface area contributed by atoms with Crippen LogP contribution in [0.3, 0.4) is 0 Å². The van der Waals surface area contributed by atoms with E-state index in [1.54, 1.807) is 0 Å². The van der Waals surface area contributed by atoms with Crippen LogP contribution in [0.5, 0.6) is 0 Å². The number of aryl methyl sites for hydroxylation is 1. The highest BCUT2D eigenvalue weighted by Gasteiger charge is 2.12. The van der Waals surface area contributed by atoms with Crippen LogP contribution in [0.4, 0.5) is 0 Å². The number of fused-ring (bicyclic) bond motifs is 1. The molecule has 0 atom stereocenters. The Bertz CT molecular complexity index is 266. The molecule has 0 fully saturated rings. The second-order valence-electron chi connectivity index (χ2n) is 2.90. The predicted molar refractivity (Wildman–Crippen MR) is 44.3 cm³/mol. The lowest BCUT2D eigenvalue weighted by Crippen LogP contribution is -1.89. The molecule has 0 amide bonds. The highest BCUT2D eigenvalue weighted by molar-refractivity contribution is 5.36. The Morgan fingerprint density at radius 3 is 3.09 bits per heavy atom. The summed E-state index contributed by atoms with van der Waals surface area (Å²) in [6, 6.07) is 6.46. The van der Waals surface area contributed by atoms with Crippen molar-refractivity contribution in [3.63, 3.8) is 0 Å². The number of rotatable bonds is 1. The Labute approximate surface area is 67.0 Å². The van der Waals surface area contributed by atoms with Gasteiger partial charge >= 0.3 is 0 Å². The Hall–Kier alpha value is -0.820. The van der Waals surface area contributed by atoms with Crippen LogP contribution in [-0.2, 0) is 24.4 Å². The molecule has 0 saturated carbocycles. The zero-order chi connectivity index (χ0) is 7.68. The van der Waals surface area contributed by atoms with Gasteiger partial charge in [0.05, 0.1) is 13.2 Å². The van der Waals surface area contributed by atoms with Crippen LogP contribution >= 0.6 is 0 Å². The first-order valence-electron chi connectivity index (χ1n) is 4.09. The van der Waals surface area contributed by atoms with Gasteiger partial charge in [-0.3, -0.25) is 0 Å². The smallest absolute Gasteiger partial charge is 0.0727 e. The van der Waals surface area contributed by atoms with E-state index in [1.165, 1.54) is 16.7 Å². The topological polar surface area (TPSA) is 9.23 Å². The van der Waals surface area contributed by atoms with Crippen molar-refractivity contribution in [3.8, 4) is 0 Å². The summed E-state index contributed by atoms with van der Waals surface area (Å²) < 4.78 is 5.36. The summed E-state index contributed by atoms with van der Waals surface area (Å²) in [6.45, 7) is 3.82. The van der Waals surface area contributed by atoms with Crippen LogP contribution in [-0.4, -0.2) is 0 Å². The molecule has 0 saturated heterocycles. The van der Waals surface area contributed by atoms with Crippen LogP contribution in [0.1, 0.15) is 23.6 Å². The minimum atomic E-state index is 0.809. The van der Waals surface area contributed by atoms with Gasteiger partial charge < -0.3 is 4.74 Å². The summed E-state index contributed by atoms with van der Waals surface area (Å²) in [7, 11) is 0. The van der Waals surface area contributed by atoms with Gasteiger partial charge in [0.15, 0.2) is 0 Å². The first-order chi connectivity index (χ1) is 5.42. The monoisotopic (exact) mass is 148 g/mol. The molecule has 1 aromatic rings. The molecule has 0 aliphatic carbocycles. The van der Waals surface area contributed by atoms with Crippen molar-refractivity contribution in [2.75, 3.05) is 0 Å². The maximum atomic E-state index is 5.36. The van der Waals surface area contributed by atoms with Gasteiger partial charge in [-0.1, -0.05) is 25.1 Å². The van der Waals surface area contributed by atoms with E-state index < -0.39 is 0 Å². The minimum absolute atomic E-state index is 0.809. The van der Waals surface area contributed by atoms with E-state index in [1.807, 2.05) is 0 Å². The summed E-state index contributed by atoms with van der Waals surface area (Å²) in [5, 5.41) is 0. The van der Waals surface area contributed by atoms with Crippen LogP contribution in [0.15, 0.2) is 18.2 Å². The van der Waals surface area contributed by atoms with E-state index in [9.17, 15) is 0 Å². The van der Waals surface area contributed by atoms with Crippen molar-refractivity contribution < 1.29 is 4.74 Å². The van der Waals surface area contributed by atoms with Gasteiger partial charge in [0.2, 0.25) is 0 Å². The van der Waals surface area contributed by atoms with Crippen molar-refractivity contribution in [1.82, 2.24) is 0 Å². The molecule has 2 rings (SSSR count). The van der Waals surface area contributed by atoms with E-state index in [-0.39, 0.29) is 0 Å². The average molecular weight is 148 g/mol. The van der Waals surface area contributed by atoms with Crippen molar-refractivity contribution in [1.29, 1.82) is 0 Å². The molecule has 11 heavy (non-hydrogen) atoms. The molecular weight excluding hydrogens is 136 g/mol. The molecule has 0 radical (unpaired) electrons. The molecule has 0 spiro atoms. The molecular formula is C10H12O. The largest absolute Gasteiger partial charge is 0.372 e. The van der Waals surface area contributed by atoms with E-state index in [4.69, 9.17) is 4.74 Å². The molecule has 0 N–H and O–H groups in total.